The molecule has 0 spiro atoms. The summed E-state index contributed by atoms with van der Waals surface area (Å²) in [4.78, 5) is 20.0. The van der Waals surface area contributed by atoms with Crippen LogP contribution in [0.15, 0.2) is 21.3 Å². The van der Waals surface area contributed by atoms with Crippen LogP contribution in [0.4, 0.5) is 0 Å². The third-order valence-corrected chi connectivity index (χ3v) is 6.38. The topological polar surface area (TPSA) is 45.2 Å². The molecule has 1 aliphatic heterocycles. The van der Waals surface area contributed by atoms with Gasteiger partial charge in [-0.25, -0.2) is 4.98 Å². The van der Waals surface area contributed by atoms with E-state index in [1.54, 1.807) is 11.3 Å². The molecule has 7 heteroatoms. The smallest absolute Gasteiger partial charge is 0.273 e. The summed E-state index contributed by atoms with van der Waals surface area (Å²) in [6.45, 7) is 1.96. The Balaban J connectivity index is 1.74. The molecule has 0 aromatic carbocycles. The van der Waals surface area contributed by atoms with Crippen LogP contribution in [0, 0.1) is 0 Å². The van der Waals surface area contributed by atoms with Crippen molar-refractivity contribution in [3.63, 3.8) is 0 Å². The third kappa shape index (κ3) is 3.36. The highest BCUT2D eigenvalue weighted by molar-refractivity contribution is 9.10. The number of rotatable bonds is 3. The van der Waals surface area contributed by atoms with E-state index >= 15 is 0 Å². The Bertz CT molecular complexity index is 634. The molecule has 2 aromatic rings. The minimum atomic E-state index is 0.0278. The SMILES string of the molecule is CN(C(=O)c1csc(-c2cc(Br)cs2)n1)C1CCNCC1. The van der Waals surface area contributed by atoms with Gasteiger partial charge < -0.3 is 10.2 Å². The van der Waals surface area contributed by atoms with Crippen LogP contribution in [0.25, 0.3) is 9.88 Å². The van der Waals surface area contributed by atoms with E-state index < -0.39 is 0 Å². The van der Waals surface area contributed by atoms with Gasteiger partial charge in [0.1, 0.15) is 10.7 Å². The Morgan fingerprint density at radius 1 is 1.38 bits per heavy atom. The fourth-order valence-corrected chi connectivity index (χ4v) is 4.75. The molecule has 3 rings (SSSR count). The van der Waals surface area contributed by atoms with E-state index in [0.29, 0.717) is 11.7 Å². The van der Waals surface area contributed by atoms with Crippen LogP contribution in [-0.2, 0) is 0 Å². The standard InChI is InChI=1S/C14H16BrN3OS2/c1-18(10-2-4-16-5-3-10)14(19)11-8-21-13(17-11)12-6-9(15)7-20-12/h6-8,10,16H,2-5H2,1H3. The monoisotopic (exact) mass is 385 g/mol. The van der Waals surface area contributed by atoms with Crippen molar-refractivity contribution in [3.8, 4) is 9.88 Å². The van der Waals surface area contributed by atoms with Gasteiger partial charge in [-0.1, -0.05) is 0 Å². The first-order valence-electron chi connectivity index (χ1n) is 6.83. The van der Waals surface area contributed by atoms with E-state index in [4.69, 9.17) is 0 Å². The van der Waals surface area contributed by atoms with Gasteiger partial charge in [-0.2, -0.15) is 0 Å². The second-order valence-corrected chi connectivity index (χ2v) is 7.75. The molecule has 0 unspecified atom stereocenters. The number of piperidine rings is 1. The number of nitrogens with one attached hydrogen (secondary N) is 1. The van der Waals surface area contributed by atoms with Gasteiger partial charge in [0.25, 0.3) is 5.91 Å². The molecule has 0 radical (unpaired) electrons. The minimum absolute atomic E-state index is 0.0278. The van der Waals surface area contributed by atoms with E-state index in [2.05, 4.69) is 26.2 Å². The van der Waals surface area contributed by atoms with Crippen LogP contribution < -0.4 is 5.32 Å². The van der Waals surface area contributed by atoms with Crippen molar-refractivity contribution in [1.29, 1.82) is 0 Å². The Morgan fingerprint density at radius 3 is 2.81 bits per heavy atom. The van der Waals surface area contributed by atoms with Crippen LogP contribution in [0.1, 0.15) is 23.3 Å². The average Bonchev–Trinajstić information content (AvgIpc) is 3.15. The maximum atomic E-state index is 12.5. The predicted octanol–water partition coefficient (Wildman–Crippen LogP) is 3.46. The number of thiazole rings is 1. The minimum Gasteiger partial charge on any atom is -0.337 e. The summed E-state index contributed by atoms with van der Waals surface area (Å²) in [7, 11) is 1.89. The van der Waals surface area contributed by atoms with Gasteiger partial charge >= 0.3 is 0 Å². The molecule has 1 fully saturated rings. The molecule has 0 atom stereocenters. The zero-order valence-corrected chi connectivity index (χ0v) is 14.9. The molecule has 4 nitrogen and oxygen atoms in total. The number of carbonyl (C=O) groups excluding carboxylic acids is 1. The molecule has 0 aliphatic carbocycles. The highest BCUT2D eigenvalue weighted by Crippen LogP contribution is 2.32. The maximum Gasteiger partial charge on any atom is 0.273 e. The molecule has 21 heavy (non-hydrogen) atoms. The number of amides is 1. The molecule has 0 bridgehead atoms. The molecule has 3 heterocycles. The van der Waals surface area contributed by atoms with Crippen LogP contribution in [0.2, 0.25) is 0 Å². The predicted molar refractivity (Wildman–Crippen MR) is 91.1 cm³/mol. The quantitative estimate of drug-likeness (QED) is 0.879. The Hall–Kier alpha value is -0.760. The second-order valence-electron chi connectivity index (χ2n) is 5.06. The highest BCUT2D eigenvalue weighted by Gasteiger charge is 2.24. The zero-order valence-electron chi connectivity index (χ0n) is 11.6. The summed E-state index contributed by atoms with van der Waals surface area (Å²) in [5.41, 5.74) is 0.556. The number of carbonyl (C=O) groups is 1. The molecule has 112 valence electrons. The summed E-state index contributed by atoms with van der Waals surface area (Å²) in [6.07, 6.45) is 2.02. The lowest BCUT2D eigenvalue weighted by molar-refractivity contribution is 0.0698. The van der Waals surface area contributed by atoms with Crippen molar-refractivity contribution in [2.75, 3.05) is 20.1 Å². The van der Waals surface area contributed by atoms with E-state index in [9.17, 15) is 4.79 Å². The molecule has 0 saturated carbocycles. The lowest BCUT2D eigenvalue weighted by atomic mass is 10.1. The number of aromatic nitrogens is 1. The first kappa shape index (κ1) is 15.1. The molecule has 1 N–H and O–H groups in total. The molecule has 2 aromatic heterocycles. The number of hydrogen-bond donors (Lipinski definition) is 1. The molecular weight excluding hydrogens is 370 g/mol. The number of halogens is 1. The summed E-state index contributed by atoms with van der Waals surface area (Å²) < 4.78 is 1.05. The summed E-state index contributed by atoms with van der Waals surface area (Å²) in [6, 6.07) is 2.36. The van der Waals surface area contributed by atoms with E-state index in [1.807, 2.05) is 28.8 Å². The Kier molecular flexibility index (Phi) is 4.73. The third-order valence-electron chi connectivity index (χ3n) is 3.68. The molecular formula is C14H16BrN3OS2. The summed E-state index contributed by atoms with van der Waals surface area (Å²) >= 11 is 6.61. The fraction of sp³-hybridized carbons (Fsp3) is 0.429. The van der Waals surface area contributed by atoms with Crippen LogP contribution >= 0.6 is 38.6 Å². The largest absolute Gasteiger partial charge is 0.337 e. The van der Waals surface area contributed by atoms with E-state index in [0.717, 1.165) is 40.3 Å². The van der Waals surface area contributed by atoms with E-state index in [1.165, 1.54) is 11.3 Å². The van der Waals surface area contributed by atoms with Gasteiger partial charge in [0, 0.05) is 28.3 Å². The Morgan fingerprint density at radius 2 is 2.14 bits per heavy atom. The summed E-state index contributed by atoms with van der Waals surface area (Å²) in [5, 5.41) is 8.12. The average molecular weight is 386 g/mol. The Labute approximate surface area is 140 Å². The summed E-state index contributed by atoms with van der Waals surface area (Å²) in [5.74, 6) is 0.0278. The number of nitrogens with zero attached hydrogens (tertiary/aromatic N) is 2. The van der Waals surface area contributed by atoms with Gasteiger partial charge in [-0.05, 0) is 47.9 Å². The lowest BCUT2D eigenvalue weighted by Gasteiger charge is -2.31. The van der Waals surface area contributed by atoms with Crippen LogP contribution in [0.5, 0.6) is 0 Å². The number of hydrogen-bond acceptors (Lipinski definition) is 5. The van der Waals surface area contributed by atoms with Gasteiger partial charge in [0.2, 0.25) is 0 Å². The van der Waals surface area contributed by atoms with Crippen LogP contribution in [0.3, 0.4) is 0 Å². The van der Waals surface area contributed by atoms with Crippen molar-refractivity contribution in [2.45, 2.75) is 18.9 Å². The number of thiophene rings is 1. The van der Waals surface area contributed by atoms with Gasteiger partial charge in [-0.15, -0.1) is 22.7 Å². The maximum absolute atomic E-state index is 12.5. The lowest BCUT2D eigenvalue weighted by Crippen LogP contribution is -2.44. The van der Waals surface area contributed by atoms with Crippen molar-refractivity contribution < 1.29 is 4.79 Å². The van der Waals surface area contributed by atoms with Gasteiger partial charge in [-0.3, -0.25) is 4.79 Å². The molecule has 1 aliphatic rings. The first-order valence-corrected chi connectivity index (χ1v) is 9.38. The normalized spacial score (nSPS) is 16.1. The first-order chi connectivity index (χ1) is 10.1. The van der Waals surface area contributed by atoms with Crippen LogP contribution in [-0.4, -0.2) is 42.0 Å². The zero-order chi connectivity index (χ0) is 14.8. The van der Waals surface area contributed by atoms with Crippen molar-refractivity contribution in [3.05, 3.63) is 27.0 Å². The molecule has 1 saturated heterocycles. The van der Waals surface area contributed by atoms with Crippen molar-refractivity contribution >= 4 is 44.5 Å². The van der Waals surface area contributed by atoms with Crippen molar-refractivity contribution in [2.24, 2.45) is 0 Å². The van der Waals surface area contributed by atoms with Gasteiger partial charge in [0.05, 0.1) is 4.88 Å². The van der Waals surface area contributed by atoms with Crippen molar-refractivity contribution in [1.82, 2.24) is 15.2 Å². The molecule has 1 amide bonds. The highest BCUT2D eigenvalue weighted by atomic mass is 79.9. The van der Waals surface area contributed by atoms with Gasteiger partial charge in [0.15, 0.2) is 0 Å². The second kappa shape index (κ2) is 6.56. The van der Waals surface area contributed by atoms with E-state index in [-0.39, 0.29) is 5.91 Å². The fourth-order valence-electron chi connectivity index (χ4n) is 2.45.